The first-order valence-electron chi connectivity index (χ1n) is 10.5. The highest BCUT2D eigenvalue weighted by atomic mass is 16.5. The average molecular weight is 459 g/mol. The summed E-state index contributed by atoms with van der Waals surface area (Å²) in [6.45, 7) is -0.441. The average Bonchev–Trinajstić information content (AvgIpc) is 3.42. The Morgan fingerprint density at radius 1 is 0.882 bits per heavy atom. The summed E-state index contributed by atoms with van der Waals surface area (Å²) in [6, 6.07) is 16.5. The number of hydrogen-bond acceptors (Lipinski definition) is 7. The van der Waals surface area contributed by atoms with Gasteiger partial charge in [-0.05, 0) is 24.3 Å². The quantitative estimate of drug-likeness (QED) is 0.339. The van der Waals surface area contributed by atoms with Crippen LogP contribution in [0.25, 0.3) is 32.9 Å². The molecule has 3 aromatic carbocycles. The molecule has 0 saturated heterocycles. The molecule has 2 aromatic heterocycles. The molecule has 5 rings (SSSR count). The van der Waals surface area contributed by atoms with Crippen LogP contribution in [0.2, 0.25) is 0 Å². The second-order valence-electron chi connectivity index (χ2n) is 7.66. The lowest BCUT2D eigenvalue weighted by Gasteiger charge is -2.10. The highest BCUT2D eigenvalue weighted by molar-refractivity contribution is 6.08. The van der Waals surface area contributed by atoms with E-state index in [1.807, 2.05) is 36.4 Å². The molecule has 1 amide bonds. The number of benzene rings is 3. The van der Waals surface area contributed by atoms with Gasteiger partial charge in [-0.15, -0.1) is 0 Å². The number of methoxy groups -OCH3 is 2. The van der Waals surface area contributed by atoms with Crippen molar-refractivity contribution in [1.29, 1.82) is 0 Å². The molecule has 0 aliphatic carbocycles. The third kappa shape index (κ3) is 4.01. The fraction of sp³-hybridized carbons (Fsp3) is 0.154. The van der Waals surface area contributed by atoms with E-state index in [0.29, 0.717) is 33.9 Å². The molecule has 0 aliphatic heterocycles. The molecule has 0 atom stereocenters. The molecule has 0 saturated carbocycles. The number of amides is 1. The van der Waals surface area contributed by atoms with Crippen LogP contribution in [0.4, 0.5) is 5.69 Å². The molecular weight excluding hydrogens is 438 g/mol. The lowest BCUT2D eigenvalue weighted by molar-refractivity contribution is -0.146. The van der Waals surface area contributed by atoms with Crippen molar-refractivity contribution in [3.63, 3.8) is 0 Å². The van der Waals surface area contributed by atoms with E-state index < -0.39 is 18.5 Å². The molecule has 8 nitrogen and oxygen atoms in total. The maximum Gasteiger partial charge on any atom is 0.310 e. The monoisotopic (exact) mass is 459 g/mol. The molecule has 0 radical (unpaired) electrons. The first kappa shape index (κ1) is 21.4. The van der Waals surface area contributed by atoms with Crippen LogP contribution in [0.3, 0.4) is 0 Å². The van der Waals surface area contributed by atoms with Gasteiger partial charge in [-0.2, -0.15) is 0 Å². The topological polar surface area (TPSA) is 100 Å². The van der Waals surface area contributed by atoms with Crippen LogP contribution in [0.15, 0.2) is 69.7 Å². The molecule has 1 N–H and O–H groups in total. The van der Waals surface area contributed by atoms with Gasteiger partial charge in [0.15, 0.2) is 6.61 Å². The summed E-state index contributed by atoms with van der Waals surface area (Å²) in [6.07, 6.45) is 1.47. The Kier molecular flexibility index (Phi) is 5.55. The maximum atomic E-state index is 12.5. The van der Waals surface area contributed by atoms with Gasteiger partial charge in [-0.3, -0.25) is 9.59 Å². The van der Waals surface area contributed by atoms with Crippen LogP contribution >= 0.6 is 0 Å². The Morgan fingerprint density at radius 2 is 1.74 bits per heavy atom. The number of rotatable bonds is 7. The third-order valence-electron chi connectivity index (χ3n) is 5.53. The zero-order valence-corrected chi connectivity index (χ0v) is 18.5. The van der Waals surface area contributed by atoms with E-state index in [9.17, 15) is 9.59 Å². The van der Waals surface area contributed by atoms with Gasteiger partial charge in [0.1, 0.15) is 28.2 Å². The molecule has 8 heteroatoms. The number of furan rings is 2. The van der Waals surface area contributed by atoms with Crippen LogP contribution in [0.5, 0.6) is 11.5 Å². The lowest BCUT2D eigenvalue weighted by atomic mass is 10.1. The highest BCUT2D eigenvalue weighted by Crippen LogP contribution is 2.36. The Morgan fingerprint density at radius 3 is 2.56 bits per heavy atom. The molecule has 0 fully saturated rings. The number of esters is 1. The molecule has 0 unspecified atom stereocenters. The van der Waals surface area contributed by atoms with Crippen molar-refractivity contribution in [2.45, 2.75) is 6.42 Å². The maximum absolute atomic E-state index is 12.5. The van der Waals surface area contributed by atoms with Gasteiger partial charge in [0.2, 0.25) is 0 Å². The predicted octanol–water partition coefficient (Wildman–Crippen LogP) is 5.07. The lowest BCUT2D eigenvalue weighted by Crippen LogP contribution is -2.21. The molecule has 0 spiro atoms. The standard InChI is InChI=1S/C26H21NO7/c1-30-16-7-8-17-15(13-32-22(17)10-16)9-26(29)33-14-25(28)27-20-12-23-19(11-24(20)31-2)18-5-3-4-6-21(18)34-23/h3-8,10-13H,9,14H2,1-2H3,(H,27,28). The molecule has 5 aromatic rings. The number of carbonyl (C=O) groups excluding carboxylic acids is 2. The predicted molar refractivity (Wildman–Crippen MR) is 126 cm³/mol. The van der Waals surface area contributed by atoms with Gasteiger partial charge in [-0.25, -0.2) is 0 Å². The van der Waals surface area contributed by atoms with E-state index in [2.05, 4.69) is 5.32 Å². The summed E-state index contributed by atoms with van der Waals surface area (Å²) in [5.41, 5.74) is 3.04. The molecule has 0 bridgehead atoms. The minimum Gasteiger partial charge on any atom is -0.497 e. The molecule has 0 aliphatic rings. The largest absolute Gasteiger partial charge is 0.497 e. The van der Waals surface area contributed by atoms with Gasteiger partial charge in [0, 0.05) is 33.9 Å². The number of fused-ring (bicyclic) bond motifs is 4. The van der Waals surface area contributed by atoms with Crippen LogP contribution < -0.4 is 14.8 Å². The summed E-state index contributed by atoms with van der Waals surface area (Å²) in [7, 11) is 3.09. The summed E-state index contributed by atoms with van der Waals surface area (Å²) in [5, 5.41) is 5.33. The summed E-state index contributed by atoms with van der Waals surface area (Å²) >= 11 is 0. The minimum atomic E-state index is -0.548. The van der Waals surface area contributed by atoms with Crippen molar-refractivity contribution in [3.8, 4) is 11.5 Å². The highest BCUT2D eigenvalue weighted by Gasteiger charge is 2.16. The number of ether oxygens (including phenoxy) is 3. The molecule has 2 heterocycles. The SMILES string of the molecule is COc1ccc2c(CC(=O)OCC(=O)Nc3cc4oc5ccccc5c4cc3OC)coc2c1. The van der Waals surface area contributed by atoms with Gasteiger partial charge in [0.25, 0.3) is 5.91 Å². The third-order valence-corrected chi connectivity index (χ3v) is 5.53. The van der Waals surface area contributed by atoms with Crippen molar-refractivity contribution in [2.75, 3.05) is 26.1 Å². The van der Waals surface area contributed by atoms with Crippen molar-refractivity contribution >= 4 is 50.5 Å². The van der Waals surface area contributed by atoms with E-state index in [1.165, 1.54) is 13.4 Å². The molecule has 34 heavy (non-hydrogen) atoms. The van der Waals surface area contributed by atoms with Gasteiger partial charge in [0.05, 0.1) is 32.6 Å². The van der Waals surface area contributed by atoms with E-state index in [4.69, 9.17) is 23.0 Å². The first-order valence-corrected chi connectivity index (χ1v) is 10.5. The smallest absolute Gasteiger partial charge is 0.310 e. The zero-order chi connectivity index (χ0) is 23.7. The Balaban J connectivity index is 1.25. The first-order chi connectivity index (χ1) is 16.6. The summed E-state index contributed by atoms with van der Waals surface area (Å²) in [4.78, 5) is 24.8. The molecular formula is C26H21NO7. The number of anilines is 1. The van der Waals surface area contributed by atoms with Gasteiger partial charge in [-0.1, -0.05) is 18.2 Å². The fourth-order valence-electron chi connectivity index (χ4n) is 3.88. The number of carbonyl (C=O) groups is 2. The van der Waals surface area contributed by atoms with E-state index in [1.54, 1.807) is 25.3 Å². The number of hydrogen-bond donors (Lipinski definition) is 1. The summed E-state index contributed by atoms with van der Waals surface area (Å²) < 4.78 is 27.1. The number of nitrogens with one attached hydrogen (secondary N) is 1. The second-order valence-corrected chi connectivity index (χ2v) is 7.66. The van der Waals surface area contributed by atoms with E-state index >= 15 is 0 Å². The van der Waals surface area contributed by atoms with Crippen LogP contribution in [0.1, 0.15) is 5.56 Å². The van der Waals surface area contributed by atoms with Crippen molar-refractivity contribution in [1.82, 2.24) is 0 Å². The minimum absolute atomic E-state index is 0.0269. The Bertz CT molecular complexity index is 1530. The normalized spacial score (nSPS) is 11.1. The van der Waals surface area contributed by atoms with Crippen LogP contribution in [0, 0.1) is 0 Å². The number of para-hydroxylation sites is 1. The van der Waals surface area contributed by atoms with Crippen molar-refractivity contribution in [2.24, 2.45) is 0 Å². The van der Waals surface area contributed by atoms with Crippen LogP contribution in [-0.4, -0.2) is 32.7 Å². The van der Waals surface area contributed by atoms with Gasteiger partial charge < -0.3 is 28.4 Å². The fourth-order valence-corrected chi connectivity index (χ4v) is 3.88. The Hall–Kier alpha value is -4.46. The Labute approximate surface area is 194 Å². The zero-order valence-electron chi connectivity index (χ0n) is 18.5. The van der Waals surface area contributed by atoms with Crippen LogP contribution in [-0.2, 0) is 20.7 Å². The van der Waals surface area contributed by atoms with E-state index in [0.717, 1.165) is 21.7 Å². The molecule has 172 valence electrons. The summed E-state index contributed by atoms with van der Waals surface area (Å²) in [5.74, 6) is 0.0835. The second kappa shape index (κ2) is 8.82. The van der Waals surface area contributed by atoms with Crippen molar-refractivity contribution in [3.05, 3.63) is 66.4 Å². The van der Waals surface area contributed by atoms with Gasteiger partial charge >= 0.3 is 5.97 Å². The van der Waals surface area contributed by atoms with E-state index in [-0.39, 0.29) is 6.42 Å². The van der Waals surface area contributed by atoms with Crippen molar-refractivity contribution < 1.29 is 32.6 Å².